The standard InChI is InChI=1S/C25H25ClN4O3.C18H20ClNO2.C17H19ClN2O2.C9H11BNO3.C9H10BrClO.C8H8N2O2.CH2Cl2/c1-30(2)25(32)19-7-5-18(6-8-19)20-9-10-22(21(26)15-20)33-14-13-28-24(31)12-4-17-3-11-23(27)29-16-17;1-4-11-22-17-10-9-15(12-16(17)19)13-5-7-14(8-6-13)18(21)20(2)3;1-20(2)17(21)13-5-3-12(4-6-13)14-7-8-16(15(18)11-14)22-10-9-19;1-11(2)9(12)7-3-5-8(6-4-7)14-10-13;1-2-5-12-9-4-3-7(10)6-8(9)11;9-7-3-1-6(5-10-7)2-4-8(11)12;2-1-3/h3-12,15-16H,13-14H2,1-2H3,(H2,27,29)(H,28,31);5-10,12H,4,11H2,1-3H3;3-8,11H,9-10,19H2,1-2H3;3-6,13H,1-2H3;3-4,6H,2,5H2,1H3;1-5H,(H2,9,10)(H,11,12);1H2/b12-4+;;;;;4-2+;. The number of aliphatic carboxylic acids is 1. The number of nitrogens with zero attached hydrogens (tertiary/aromatic N) is 6. The van der Waals surface area contributed by atoms with E-state index >= 15 is 0 Å². The Bertz CT molecular complexity index is 4730. The number of halogens is 7. The molecule has 0 aliphatic rings. The second-order valence-corrected chi connectivity index (χ2v) is 28.8. The van der Waals surface area contributed by atoms with Gasteiger partial charge in [-0.2, -0.15) is 0 Å². The minimum atomic E-state index is -0.980. The number of amides is 5. The number of aromatic nitrogens is 2. The van der Waals surface area contributed by atoms with E-state index in [1.807, 2.05) is 127 Å². The fourth-order valence-corrected chi connectivity index (χ4v) is 11.0. The zero-order valence-corrected chi connectivity index (χ0v) is 72.9. The third-order valence-electron chi connectivity index (χ3n) is 15.4. The highest BCUT2D eigenvalue weighted by Gasteiger charge is 2.15. The fraction of sp³-hybridized carbons (Fsp3) is 0.218. The highest BCUT2D eigenvalue weighted by atomic mass is 79.9. The Morgan fingerprint density at radius 2 is 0.763 bits per heavy atom. The summed E-state index contributed by atoms with van der Waals surface area (Å²) in [6.45, 7) is 6.94. The Balaban J connectivity index is 0.000000307. The maximum absolute atomic E-state index is 12.0. The van der Waals surface area contributed by atoms with Crippen LogP contribution < -0.4 is 46.1 Å². The van der Waals surface area contributed by atoms with Crippen molar-refractivity contribution in [2.24, 2.45) is 5.73 Å². The molecule has 2 heterocycles. The molecule has 23 nitrogen and oxygen atoms in total. The van der Waals surface area contributed by atoms with Gasteiger partial charge in [-0.3, -0.25) is 24.0 Å². The van der Waals surface area contributed by atoms with Crippen molar-refractivity contribution >= 4 is 153 Å². The van der Waals surface area contributed by atoms with Gasteiger partial charge in [0.2, 0.25) is 5.91 Å². The summed E-state index contributed by atoms with van der Waals surface area (Å²) in [7, 11) is 14.4. The van der Waals surface area contributed by atoms with Gasteiger partial charge in [-0.1, -0.05) is 131 Å². The number of nitrogens with two attached hydrogens (primary N) is 3. The van der Waals surface area contributed by atoms with Gasteiger partial charge in [0.25, 0.3) is 23.6 Å². The van der Waals surface area contributed by atoms with Crippen LogP contribution >= 0.6 is 85.5 Å². The smallest absolute Gasteiger partial charge is 0.537 e. The molecule has 623 valence electrons. The summed E-state index contributed by atoms with van der Waals surface area (Å²) in [5, 5.41) is 21.8. The average molecular weight is 1790 g/mol. The Kier molecular flexibility index (Phi) is 45.7. The van der Waals surface area contributed by atoms with Crippen LogP contribution in [0.4, 0.5) is 11.6 Å². The SMILES string of the molecule is CCCOc1ccc(-c2ccc(C(=O)N(C)C)cc2)cc1Cl.CCCOc1ccc(Br)cc1Cl.CN(C)C(=O)c1ccc(-c2ccc(OCCN)c(Cl)c2)cc1.CN(C)C(=O)c1ccc(-c2ccc(OCCNC(=O)/C=C/c3ccc(N)nc3)c(Cl)c2)cc1.CN(C)C(=O)c1ccc(O[B]O)cc1.ClCCl.Nc1ccc(/C=C/C(=O)O)cn1. The van der Waals surface area contributed by atoms with E-state index in [0.717, 1.165) is 68.1 Å². The Hall–Kier alpha value is -10.8. The minimum Gasteiger partial charge on any atom is -0.537 e. The molecule has 0 spiro atoms. The van der Waals surface area contributed by atoms with Crippen molar-refractivity contribution in [1.29, 1.82) is 0 Å². The maximum atomic E-state index is 12.0. The van der Waals surface area contributed by atoms with Crippen molar-refractivity contribution in [1.82, 2.24) is 34.9 Å². The van der Waals surface area contributed by atoms with E-state index in [2.05, 4.69) is 45.1 Å². The second kappa shape index (κ2) is 54.2. The molecule has 0 fully saturated rings. The van der Waals surface area contributed by atoms with Gasteiger partial charge in [-0.25, -0.2) is 14.8 Å². The van der Waals surface area contributed by atoms with Crippen molar-refractivity contribution < 1.29 is 62.5 Å². The van der Waals surface area contributed by atoms with Gasteiger partial charge in [0.15, 0.2) is 0 Å². The molecule has 10 aromatic rings. The highest BCUT2D eigenvalue weighted by Crippen LogP contribution is 2.34. The van der Waals surface area contributed by atoms with Crippen LogP contribution in [0.25, 0.3) is 45.5 Å². The molecule has 0 unspecified atom stereocenters. The van der Waals surface area contributed by atoms with Gasteiger partial charge in [-0.15, -0.1) is 23.2 Å². The number of carbonyl (C=O) groups is 6. The molecule has 5 amide bonds. The fourth-order valence-electron chi connectivity index (χ4n) is 9.53. The van der Waals surface area contributed by atoms with Gasteiger partial charge in [0.05, 0.1) is 45.2 Å². The summed E-state index contributed by atoms with van der Waals surface area (Å²) >= 11 is 37.6. The van der Waals surface area contributed by atoms with E-state index in [1.165, 1.54) is 28.1 Å². The summed E-state index contributed by atoms with van der Waals surface area (Å²) in [5.41, 5.74) is 26.1. The molecule has 10 rings (SSSR count). The van der Waals surface area contributed by atoms with Gasteiger partial charge in [0, 0.05) is 114 Å². The van der Waals surface area contributed by atoms with Crippen LogP contribution in [0.3, 0.4) is 0 Å². The molecule has 1 radical (unpaired) electrons. The van der Waals surface area contributed by atoms with Gasteiger partial charge in [-0.05, 0) is 209 Å². The van der Waals surface area contributed by atoms with Crippen LogP contribution in [-0.2, 0) is 9.59 Å². The molecule has 118 heavy (non-hydrogen) atoms. The Morgan fingerprint density at radius 3 is 1.06 bits per heavy atom. The third-order valence-corrected chi connectivity index (χ3v) is 17.1. The molecule has 0 saturated carbocycles. The van der Waals surface area contributed by atoms with Crippen LogP contribution in [0.2, 0.25) is 20.1 Å². The third kappa shape index (κ3) is 36.4. The summed E-state index contributed by atoms with van der Waals surface area (Å²) in [6, 6.07) is 58.0. The summed E-state index contributed by atoms with van der Waals surface area (Å²) < 4.78 is 27.8. The average Bonchev–Trinajstić information content (AvgIpc) is 0.835. The number of hydrogen-bond donors (Lipinski definition) is 6. The first-order chi connectivity index (χ1) is 56.4. The van der Waals surface area contributed by atoms with Crippen LogP contribution in [0.15, 0.2) is 223 Å². The number of alkyl halides is 2. The van der Waals surface area contributed by atoms with E-state index in [9.17, 15) is 28.8 Å². The molecule has 0 aliphatic carbocycles. The first-order valence-electron chi connectivity index (χ1n) is 36.2. The van der Waals surface area contributed by atoms with E-state index in [-0.39, 0.29) is 41.5 Å². The molecule has 2 aromatic heterocycles. The van der Waals surface area contributed by atoms with Crippen LogP contribution in [0, 0.1) is 0 Å². The van der Waals surface area contributed by atoms with Crippen LogP contribution in [0.5, 0.6) is 28.7 Å². The van der Waals surface area contributed by atoms with Crippen molar-refractivity contribution in [3.63, 3.8) is 0 Å². The first-order valence-corrected chi connectivity index (χ1v) is 39.6. The Labute approximate surface area is 728 Å². The summed E-state index contributed by atoms with van der Waals surface area (Å²) in [6.07, 6.45) is 10.6. The molecule has 9 N–H and O–H groups in total. The summed E-state index contributed by atoms with van der Waals surface area (Å²) in [5.74, 6) is 2.57. The number of nitrogen functional groups attached to an aromatic ring is 2. The zero-order valence-electron chi connectivity index (χ0n) is 66.8. The molecule has 0 saturated heterocycles. The van der Waals surface area contributed by atoms with Crippen molar-refractivity contribution in [2.75, 3.05) is 113 Å². The predicted octanol–water partition coefficient (Wildman–Crippen LogP) is 17.8. The first kappa shape index (κ1) is 99.5. The number of ether oxygens (including phenoxy) is 4. The molecule has 8 aromatic carbocycles. The van der Waals surface area contributed by atoms with E-state index in [1.54, 1.807) is 145 Å². The normalized spacial score (nSPS) is 10.2. The number of nitrogens with one attached hydrogen (secondary N) is 1. The monoisotopic (exact) mass is 1790 g/mol. The number of carbonyl (C=O) groups excluding carboxylic acids is 5. The van der Waals surface area contributed by atoms with Gasteiger partial charge >= 0.3 is 13.7 Å². The van der Waals surface area contributed by atoms with E-state index in [0.29, 0.717) is 123 Å². The molecule has 0 atom stereocenters. The minimum absolute atomic E-state index is 0.00658. The molecule has 0 bridgehead atoms. The number of rotatable bonds is 26. The van der Waals surface area contributed by atoms with E-state index in [4.69, 9.17) is 121 Å². The quantitative estimate of drug-likeness (QED) is 0.0127. The number of benzene rings is 8. The second-order valence-electron chi connectivity index (χ2n) is 25.4. The number of hydrogen-bond acceptors (Lipinski definition) is 17. The number of pyridine rings is 2. The van der Waals surface area contributed by atoms with E-state index < -0.39 is 5.97 Å². The molecular formula is C87H95BBrCl6N10O13. The molecule has 31 heteroatoms. The molecule has 0 aliphatic heterocycles. The number of carboxylic acid groups (broad SMARTS) is 1. The lowest BCUT2D eigenvalue weighted by Gasteiger charge is -2.12. The van der Waals surface area contributed by atoms with Crippen molar-refractivity contribution in [2.45, 2.75) is 26.7 Å². The van der Waals surface area contributed by atoms with Gasteiger partial charge < -0.3 is 75.8 Å². The number of carboxylic acids is 1. The van der Waals surface area contributed by atoms with Crippen molar-refractivity contribution in [3.8, 4) is 62.1 Å². The topological polar surface area (TPSA) is 318 Å². The summed E-state index contributed by atoms with van der Waals surface area (Å²) in [4.78, 5) is 83.1. The lowest BCUT2D eigenvalue weighted by Crippen LogP contribution is -2.26. The maximum Gasteiger partial charge on any atom is 0.569 e. The number of anilines is 2. The van der Waals surface area contributed by atoms with Gasteiger partial charge in [0.1, 0.15) is 53.6 Å². The zero-order chi connectivity index (χ0) is 87.2. The molecular weight excluding hydrogens is 1700 g/mol. The highest BCUT2D eigenvalue weighted by molar-refractivity contribution is 9.10. The van der Waals surface area contributed by atoms with Crippen LogP contribution in [0.1, 0.15) is 79.2 Å². The Morgan fingerprint density at radius 1 is 0.449 bits per heavy atom. The largest absolute Gasteiger partial charge is 0.569 e. The lowest BCUT2D eigenvalue weighted by atomic mass is 10.0. The predicted molar refractivity (Wildman–Crippen MR) is 481 cm³/mol. The lowest BCUT2D eigenvalue weighted by molar-refractivity contribution is -0.131. The van der Waals surface area contributed by atoms with Crippen molar-refractivity contribution in [3.05, 3.63) is 277 Å². The van der Waals surface area contributed by atoms with Crippen LogP contribution in [-0.4, -0.2) is 184 Å².